The lowest BCUT2D eigenvalue weighted by molar-refractivity contribution is -0.131. The smallest absolute Gasteiger partial charge is 0.244 e. The molecule has 1 spiro atoms. The van der Waals surface area contributed by atoms with Crippen molar-refractivity contribution >= 4 is 5.91 Å². The van der Waals surface area contributed by atoms with Crippen LogP contribution in [0.4, 0.5) is 0 Å². The summed E-state index contributed by atoms with van der Waals surface area (Å²) in [7, 11) is 0. The number of carbonyl (C=O) groups excluding carboxylic acids is 1. The van der Waals surface area contributed by atoms with Crippen molar-refractivity contribution < 1.29 is 4.79 Å². The molecule has 1 heterocycles. The maximum absolute atomic E-state index is 12.2. The zero-order valence-electron chi connectivity index (χ0n) is 10.3. The van der Waals surface area contributed by atoms with Gasteiger partial charge in [-0.2, -0.15) is 0 Å². The maximum atomic E-state index is 12.2. The molecular formula is C12H22N2O. The lowest BCUT2D eigenvalue weighted by Crippen LogP contribution is -2.41. The van der Waals surface area contributed by atoms with E-state index in [-0.39, 0.29) is 17.1 Å². The Hall–Kier alpha value is -0.570. The van der Waals surface area contributed by atoms with E-state index in [9.17, 15) is 4.79 Å². The largest absolute Gasteiger partial charge is 0.325 e. The fraction of sp³-hybridized carbons (Fsp3) is 0.917. The third-order valence-corrected chi connectivity index (χ3v) is 3.93. The average Bonchev–Trinajstić information content (AvgIpc) is 2.90. The van der Waals surface area contributed by atoms with Crippen molar-refractivity contribution in [3.8, 4) is 0 Å². The predicted octanol–water partition coefficient (Wildman–Crippen LogP) is 1.73. The minimum absolute atomic E-state index is 0.150. The number of hydrogen-bond donors (Lipinski definition) is 1. The van der Waals surface area contributed by atoms with Gasteiger partial charge >= 0.3 is 0 Å². The third kappa shape index (κ3) is 1.78. The molecule has 0 aromatic rings. The number of nitrogens with zero attached hydrogens (tertiary/aromatic N) is 1. The monoisotopic (exact) mass is 210 g/mol. The summed E-state index contributed by atoms with van der Waals surface area (Å²) in [6.07, 6.45) is 3.38. The van der Waals surface area contributed by atoms with Gasteiger partial charge in [0.25, 0.3) is 0 Å². The van der Waals surface area contributed by atoms with E-state index in [1.807, 2.05) is 4.90 Å². The molecular weight excluding hydrogens is 188 g/mol. The third-order valence-electron chi connectivity index (χ3n) is 3.93. The quantitative estimate of drug-likeness (QED) is 0.769. The molecule has 86 valence electrons. The van der Waals surface area contributed by atoms with Crippen molar-refractivity contribution in [3.63, 3.8) is 0 Å². The summed E-state index contributed by atoms with van der Waals surface area (Å²) in [6.45, 7) is 9.61. The standard InChI is InChI=1S/C12H22N2O/c1-5-11(3,4)8-14-9(2)13-12(6-7-12)10(14)15/h9,13H,5-8H2,1-4H3. The number of nitrogens with one attached hydrogen (secondary N) is 1. The second kappa shape index (κ2) is 3.21. The second-order valence-electron chi connectivity index (χ2n) is 5.85. The van der Waals surface area contributed by atoms with Crippen LogP contribution in [0.3, 0.4) is 0 Å². The summed E-state index contributed by atoms with van der Waals surface area (Å²) in [5.74, 6) is 0.330. The topological polar surface area (TPSA) is 32.3 Å². The molecule has 1 aliphatic carbocycles. The lowest BCUT2D eigenvalue weighted by atomic mass is 9.89. The van der Waals surface area contributed by atoms with E-state index < -0.39 is 0 Å². The number of amides is 1. The molecule has 3 nitrogen and oxygen atoms in total. The predicted molar refractivity (Wildman–Crippen MR) is 60.3 cm³/mol. The Kier molecular flexibility index (Phi) is 2.34. The number of hydrogen-bond acceptors (Lipinski definition) is 2. The molecule has 1 unspecified atom stereocenters. The molecule has 0 aromatic heterocycles. The number of carbonyl (C=O) groups is 1. The first-order valence-corrected chi connectivity index (χ1v) is 5.99. The van der Waals surface area contributed by atoms with E-state index in [2.05, 4.69) is 33.0 Å². The molecule has 1 saturated heterocycles. The molecule has 1 saturated carbocycles. The van der Waals surface area contributed by atoms with Gasteiger partial charge in [-0.3, -0.25) is 10.1 Å². The highest BCUT2D eigenvalue weighted by molar-refractivity contribution is 5.91. The van der Waals surface area contributed by atoms with E-state index in [0.29, 0.717) is 5.91 Å². The molecule has 1 aliphatic heterocycles. The van der Waals surface area contributed by atoms with E-state index in [0.717, 1.165) is 25.8 Å². The normalized spacial score (nSPS) is 28.9. The molecule has 1 atom stereocenters. The Labute approximate surface area is 92.2 Å². The SMILES string of the molecule is CCC(C)(C)CN1C(=O)C2(CC2)NC1C. The molecule has 2 aliphatic rings. The minimum Gasteiger partial charge on any atom is -0.325 e. The highest BCUT2D eigenvalue weighted by Crippen LogP contribution is 2.42. The molecule has 2 fully saturated rings. The van der Waals surface area contributed by atoms with Crippen LogP contribution in [0, 0.1) is 5.41 Å². The van der Waals surface area contributed by atoms with Crippen molar-refractivity contribution in [2.45, 2.75) is 58.7 Å². The molecule has 1 N–H and O–H groups in total. The molecule has 3 heteroatoms. The van der Waals surface area contributed by atoms with Crippen LogP contribution in [0.5, 0.6) is 0 Å². The summed E-state index contributed by atoms with van der Waals surface area (Å²) in [4.78, 5) is 14.2. The number of rotatable bonds is 3. The Balaban J connectivity index is 2.07. The molecule has 1 amide bonds. The summed E-state index contributed by atoms with van der Waals surface area (Å²) in [6, 6.07) is 0. The summed E-state index contributed by atoms with van der Waals surface area (Å²) >= 11 is 0. The summed E-state index contributed by atoms with van der Waals surface area (Å²) in [5, 5.41) is 3.43. The van der Waals surface area contributed by atoms with Crippen LogP contribution in [0.1, 0.15) is 47.0 Å². The van der Waals surface area contributed by atoms with Crippen LogP contribution in [-0.4, -0.2) is 29.1 Å². The van der Waals surface area contributed by atoms with Gasteiger partial charge in [0.2, 0.25) is 5.91 Å². The Bertz CT molecular complexity index is 281. The van der Waals surface area contributed by atoms with Crippen molar-refractivity contribution in [1.82, 2.24) is 10.2 Å². The fourth-order valence-electron chi connectivity index (χ4n) is 2.26. The Morgan fingerprint density at radius 1 is 1.53 bits per heavy atom. The first kappa shape index (κ1) is 10.9. The first-order valence-electron chi connectivity index (χ1n) is 5.99. The minimum atomic E-state index is -0.150. The highest BCUT2D eigenvalue weighted by atomic mass is 16.2. The summed E-state index contributed by atoms with van der Waals surface area (Å²) in [5.41, 5.74) is 0.0786. The molecule has 15 heavy (non-hydrogen) atoms. The van der Waals surface area contributed by atoms with Gasteiger partial charge in [0.05, 0.1) is 11.7 Å². The van der Waals surface area contributed by atoms with Gasteiger partial charge < -0.3 is 4.90 Å². The first-order chi connectivity index (χ1) is 6.90. The van der Waals surface area contributed by atoms with Gasteiger partial charge in [0, 0.05) is 6.54 Å². The van der Waals surface area contributed by atoms with Crippen LogP contribution in [0.25, 0.3) is 0 Å². The van der Waals surface area contributed by atoms with E-state index in [1.54, 1.807) is 0 Å². The highest BCUT2D eigenvalue weighted by Gasteiger charge is 2.58. The van der Waals surface area contributed by atoms with Crippen LogP contribution in [-0.2, 0) is 4.79 Å². The average molecular weight is 210 g/mol. The lowest BCUT2D eigenvalue weighted by Gasteiger charge is -2.31. The van der Waals surface area contributed by atoms with E-state index >= 15 is 0 Å². The van der Waals surface area contributed by atoms with E-state index in [4.69, 9.17) is 0 Å². The van der Waals surface area contributed by atoms with Crippen LogP contribution < -0.4 is 5.32 Å². The summed E-state index contributed by atoms with van der Waals surface area (Å²) < 4.78 is 0. The van der Waals surface area contributed by atoms with Crippen molar-refractivity contribution in [3.05, 3.63) is 0 Å². The van der Waals surface area contributed by atoms with Crippen molar-refractivity contribution in [1.29, 1.82) is 0 Å². The van der Waals surface area contributed by atoms with Gasteiger partial charge in [0.1, 0.15) is 0 Å². The zero-order chi connectivity index (χ0) is 11.3. The maximum Gasteiger partial charge on any atom is 0.244 e. The van der Waals surface area contributed by atoms with Gasteiger partial charge in [-0.05, 0) is 31.6 Å². The van der Waals surface area contributed by atoms with Crippen molar-refractivity contribution in [2.24, 2.45) is 5.41 Å². The molecule has 0 radical (unpaired) electrons. The molecule has 0 aromatic carbocycles. The van der Waals surface area contributed by atoms with Gasteiger partial charge in [-0.1, -0.05) is 20.8 Å². The van der Waals surface area contributed by atoms with Gasteiger partial charge in [-0.25, -0.2) is 0 Å². The van der Waals surface area contributed by atoms with Crippen LogP contribution in [0.2, 0.25) is 0 Å². The molecule has 2 rings (SSSR count). The van der Waals surface area contributed by atoms with Gasteiger partial charge in [-0.15, -0.1) is 0 Å². The fourth-order valence-corrected chi connectivity index (χ4v) is 2.26. The Morgan fingerprint density at radius 2 is 2.13 bits per heavy atom. The Morgan fingerprint density at radius 3 is 2.53 bits per heavy atom. The second-order valence-corrected chi connectivity index (χ2v) is 5.85. The van der Waals surface area contributed by atoms with Gasteiger partial charge in [0.15, 0.2) is 0 Å². The van der Waals surface area contributed by atoms with E-state index in [1.165, 1.54) is 0 Å². The molecule has 0 bridgehead atoms. The van der Waals surface area contributed by atoms with Crippen molar-refractivity contribution in [2.75, 3.05) is 6.54 Å². The van der Waals surface area contributed by atoms with Crippen LogP contribution >= 0.6 is 0 Å². The van der Waals surface area contributed by atoms with Crippen LogP contribution in [0.15, 0.2) is 0 Å². The zero-order valence-corrected chi connectivity index (χ0v) is 10.3.